The van der Waals surface area contributed by atoms with Crippen LogP contribution >= 0.6 is 11.6 Å². The zero-order valence-electron chi connectivity index (χ0n) is 4.88. The van der Waals surface area contributed by atoms with Crippen molar-refractivity contribution in [1.29, 1.82) is 0 Å². The van der Waals surface area contributed by atoms with Crippen LogP contribution in [0.2, 0.25) is 5.28 Å². The molecule has 0 aliphatic rings. The number of aromatic nitrogens is 2. The van der Waals surface area contributed by atoms with Gasteiger partial charge in [0, 0.05) is 17.7 Å². The fourth-order valence-electron chi connectivity index (χ4n) is 0.425. The van der Waals surface area contributed by atoms with Gasteiger partial charge in [-0.15, -0.1) is 0 Å². The summed E-state index contributed by atoms with van der Waals surface area (Å²) in [4.78, 5) is 3.81. The summed E-state index contributed by atoms with van der Waals surface area (Å²) in [5.41, 5.74) is 0. The van der Waals surface area contributed by atoms with E-state index in [9.17, 15) is 0 Å². The maximum Gasteiger partial charge on any atom is 0.395 e. The van der Waals surface area contributed by atoms with Gasteiger partial charge in [-0.05, 0) is 4.98 Å². The van der Waals surface area contributed by atoms with Crippen LogP contribution in [0.3, 0.4) is 0 Å². The molecule has 0 spiro atoms. The predicted molar refractivity (Wildman–Crippen MR) is 30.4 cm³/mol. The molecule has 0 saturated carbocycles. The van der Waals surface area contributed by atoms with Crippen molar-refractivity contribution in [2.75, 3.05) is 0 Å². The van der Waals surface area contributed by atoms with E-state index in [1.165, 1.54) is 0 Å². The number of aryl methyl sites for hydroxylation is 1. The van der Waals surface area contributed by atoms with E-state index >= 15 is 0 Å². The lowest BCUT2D eigenvalue weighted by molar-refractivity contribution is -0.672. The zero-order chi connectivity index (χ0) is 5.98. The number of nitrogens with zero attached hydrogens (tertiary/aromatic N) is 2. The number of rotatable bonds is 0. The van der Waals surface area contributed by atoms with E-state index in [2.05, 4.69) is 4.98 Å². The molecular weight excluding hydrogens is 143 g/mol. The molecule has 1 aromatic rings. The molecular formula is C5H6ClFN2. The zero-order valence-corrected chi connectivity index (χ0v) is 5.64. The van der Waals surface area contributed by atoms with Gasteiger partial charge in [0.2, 0.25) is 0 Å². The molecule has 0 unspecified atom stereocenters. The molecule has 0 N–H and O–H groups in total. The van der Waals surface area contributed by atoms with Crippen LogP contribution < -0.4 is 9.27 Å². The summed E-state index contributed by atoms with van der Waals surface area (Å²) in [6, 6.07) is 1.83. The molecule has 50 valence electrons. The predicted octanol–water partition coefficient (Wildman–Crippen LogP) is -2.44. The highest BCUT2D eigenvalue weighted by Gasteiger charge is 1.98. The van der Waals surface area contributed by atoms with E-state index in [1.54, 1.807) is 10.8 Å². The smallest absolute Gasteiger partial charge is 0.395 e. The average molecular weight is 149 g/mol. The molecule has 0 aliphatic carbocycles. The summed E-state index contributed by atoms with van der Waals surface area (Å²) in [7, 11) is 1.84. The van der Waals surface area contributed by atoms with Gasteiger partial charge in [-0.25, -0.2) is 4.57 Å². The first-order valence-corrected chi connectivity index (χ1v) is 2.64. The second kappa shape index (κ2) is 3.35. The highest BCUT2D eigenvalue weighted by Crippen LogP contribution is 1.89. The third kappa shape index (κ3) is 1.93. The lowest BCUT2D eigenvalue weighted by Crippen LogP contribution is -3.00. The minimum Gasteiger partial charge on any atom is -1.00 e. The molecule has 1 heterocycles. The Morgan fingerprint density at radius 3 is 2.67 bits per heavy atom. The highest BCUT2D eigenvalue weighted by molar-refractivity contribution is 6.27. The minimum atomic E-state index is 0. The number of hydrogen-bond acceptors (Lipinski definition) is 1. The standard InChI is InChI=1S/C5H6ClN2.FH/c1-8-4-2-3-7-5(8)6;/h2-4H,1H3;1H/q+1;/p-1. The normalized spacial score (nSPS) is 8.22. The van der Waals surface area contributed by atoms with Crippen LogP contribution in [-0.4, -0.2) is 4.98 Å². The van der Waals surface area contributed by atoms with Crippen molar-refractivity contribution in [3.63, 3.8) is 0 Å². The molecule has 4 heteroatoms. The fourth-order valence-corrected chi connectivity index (χ4v) is 0.537. The molecule has 1 rings (SSSR count). The quantitative estimate of drug-likeness (QED) is 0.295. The van der Waals surface area contributed by atoms with Crippen LogP contribution in [-0.2, 0) is 7.05 Å². The van der Waals surface area contributed by atoms with E-state index in [0.717, 1.165) is 0 Å². The third-order valence-corrected chi connectivity index (χ3v) is 1.23. The van der Waals surface area contributed by atoms with Crippen LogP contribution in [0.15, 0.2) is 18.5 Å². The molecule has 0 amide bonds. The van der Waals surface area contributed by atoms with Gasteiger partial charge >= 0.3 is 5.28 Å². The summed E-state index contributed by atoms with van der Waals surface area (Å²) in [5, 5.41) is 0.507. The molecule has 9 heavy (non-hydrogen) atoms. The first-order chi connectivity index (χ1) is 3.80. The van der Waals surface area contributed by atoms with Crippen molar-refractivity contribution < 1.29 is 9.27 Å². The van der Waals surface area contributed by atoms with Crippen molar-refractivity contribution in [3.8, 4) is 0 Å². The van der Waals surface area contributed by atoms with Gasteiger partial charge in [0.05, 0.1) is 13.2 Å². The van der Waals surface area contributed by atoms with Crippen LogP contribution in [0.1, 0.15) is 0 Å². The summed E-state index contributed by atoms with van der Waals surface area (Å²) in [6.45, 7) is 0. The van der Waals surface area contributed by atoms with Gasteiger partial charge < -0.3 is 4.70 Å². The monoisotopic (exact) mass is 148 g/mol. The second-order valence-corrected chi connectivity index (χ2v) is 1.84. The molecule has 0 aromatic carbocycles. The van der Waals surface area contributed by atoms with Gasteiger partial charge in [0.1, 0.15) is 6.20 Å². The molecule has 0 atom stereocenters. The van der Waals surface area contributed by atoms with Crippen LogP contribution in [0.25, 0.3) is 0 Å². The largest absolute Gasteiger partial charge is 1.00 e. The van der Waals surface area contributed by atoms with Crippen molar-refractivity contribution in [3.05, 3.63) is 23.7 Å². The van der Waals surface area contributed by atoms with Crippen molar-refractivity contribution >= 4 is 11.6 Å². The molecule has 0 fully saturated rings. The Balaban J connectivity index is 0.000000640. The fraction of sp³-hybridized carbons (Fsp3) is 0.200. The van der Waals surface area contributed by atoms with Crippen molar-refractivity contribution in [2.24, 2.45) is 7.05 Å². The molecule has 0 saturated heterocycles. The van der Waals surface area contributed by atoms with E-state index in [1.807, 2.05) is 19.3 Å². The molecule has 0 bridgehead atoms. The molecule has 0 radical (unpaired) electrons. The van der Waals surface area contributed by atoms with Crippen LogP contribution in [0.5, 0.6) is 0 Å². The van der Waals surface area contributed by atoms with Gasteiger partial charge in [0.15, 0.2) is 0 Å². The maximum atomic E-state index is 5.56. The lowest BCUT2D eigenvalue weighted by atomic mass is 10.7. The summed E-state index contributed by atoms with van der Waals surface area (Å²) in [5.74, 6) is 0. The van der Waals surface area contributed by atoms with E-state index < -0.39 is 0 Å². The topological polar surface area (TPSA) is 16.8 Å². The van der Waals surface area contributed by atoms with E-state index in [-0.39, 0.29) is 4.70 Å². The Labute approximate surface area is 57.5 Å². The SMILES string of the molecule is C[n+]1cccnc1Cl.[F-]. The maximum absolute atomic E-state index is 5.56. The highest BCUT2D eigenvalue weighted by atomic mass is 35.5. The number of halogens is 2. The summed E-state index contributed by atoms with van der Waals surface area (Å²) in [6.07, 6.45) is 3.50. The first kappa shape index (κ1) is 8.30. The summed E-state index contributed by atoms with van der Waals surface area (Å²) < 4.78 is 1.74. The Bertz CT molecular complexity index is 171. The Hall–Kier alpha value is -0.700. The molecule has 2 nitrogen and oxygen atoms in total. The van der Waals surface area contributed by atoms with E-state index in [4.69, 9.17) is 11.6 Å². The van der Waals surface area contributed by atoms with Gasteiger partial charge in [-0.1, -0.05) is 0 Å². The minimum absolute atomic E-state index is 0. The molecule has 0 aliphatic heterocycles. The van der Waals surface area contributed by atoms with Gasteiger partial charge in [-0.2, -0.15) is 0 Å². The third-order valence-electron chi connectivity index (χ3n) is 0.868. The lowest BCUT2D eigenvalue weighted by Gasteiger charge is -1.83. The number of hydrogen-bond donors (Lipinski definition) is 0. The van der Waals surface area contributed by atoms with Crippen molar-refractivity contribution in [2.45, 2.75) is 0 Å². The van der Waals surface area contributed by atoms with Crippen LogP contribution in [0, 0.1) is 0 Å². The average Bonchev–Trinajstić information content (AvgIpc) is 1.77. The van der Waals surface area contributed by atoms with E-state index in [0.29, 0.717) is 5.28 Å². The van der Waals surface area contributed by atoms with Crippen LogP contribution in [0.4, 0.5) is 0 Å². The Morgan fingerprint density at radius 2 is 2.33 bits per heavy atom. The Kier molecular flexibility index (Phi) is 3.09. The first-order valence-electron chi connectivity index (χ1n) is 2.27. The van der Waals surface area contributed by atoms with Gasteiger partial charge in [-0.3, -0.25) is 0 Å². The Morgan fingerprint density at radius 1 is 1.67 bits per heavy atom. The van der Waals surface area contributed by atoms with Gasteiger partial charge in [0.25, 0.3) is 0 Å². The van der Waals surface area contributed by atoms with Crippen molar-refractivity contribution in [1.82, 2.24) is 4.98 Å². The summed E-state index contributed by atoms with van der Waals surface area (Å²) >= 11 is 5.56. The second-order valence-electron chi connectivity index (χ2n) is 1.50. The molecule has 1 aromatic heterocycles.